The van der Waals surface area contributed by atoms with E-state index in [9.17, 15) is 10.2 Å². The van der Waals surface area contributed by atoms with Crippen LogP contribution in [0, 0.1) is 17.3 Å². The number of aliphatic hydroxyl groups is 2. The van der Waals surface area contributed by atoms with Crippen molar-refractivity contribution in [2.45, 2.75) is 91.9 Å². The average molecular weight is 301 g/mol. The summed E-state index contributed by atoms with van der Waals surface area (Å²) in [4.78, 5) is 0. The monoisotopic (exact) mass is 300 g/mol. The topological polar surface area (TPSA) is 40.5 Å². The molecular formula is C19H40O2. The fourth-order valence-corrected chi connectivity index (χ4v) is 3.50. The number of aliphatic hydroxyl groups excluding tert-OH is 2. The van der Waals surface area contributed by atoms with Crippen molar-refractivity contribution in [3.63, 3.8) is 0 Å². The Balaban J connectivity index is 4.70. The van der Waals surface area contributed by atoms with E-state index in [-0.39, 0.29) is 18.6 Å². The summed E-state index contributed by atoms with van der Waals surface area (Å²) in [5, 5.41) is 19.9. The van der Waals surface area contributed by atoms with Gasteiger partial charge in [-0.1, -0.05) is 79.1 Å². The van der Waals surface area contributed by atoms with Crippen LogP contribution in [0.3, 0.4) is 0 Å². The van der Waals surface area contributed by atoms with Gasteiger partial charge in [-0.3, -0.25) is 0 Å². The van der Waals surface area contributed by atoms with E-state index in [4.69, 9.17) is 0 Å². The SMILES string of the molecule is CCCC[C@H](CC)CC(CO)(CO)C[C@@H](CC)CCCC. The molecule has 0 unspecified atom stereocenters. The lowest BCUT2D eigenvalue weighted by molar-refractivity contribution is 0.00905. The molecule has 0 aromatic rings. The summed E-state index contributed by atoms with van der Waals surface area (Å²) < 4.78 is 0. The Kier molecular flexibility index (Phi) is 12.4. The molecule has 0 aliphatic carbocycles. The molecule has 128 valence electrons. The van der Waals surface area contributed by atoms with Gasteiger partial charge in [0.2, 0.25) is 0 Å². The molecule has 0 rings (SSSR count). The first-order valence-corrected chi connectivity index (χ1v) is 9.32. The van der Waals surface area contributed by atoms with Crippen LogP contribution in [-0.2, 0) is 0 Å². The van der Waals surface area contributed by atoms with Gasteiger partial charge >= 0.3 is 0 Å². The van der Waals surface area contributed by atoms with Crippen LogP contribution in [0.15, 0.2) is 0 Å². The lowest BCUT2D eigenvalue weighted by atomic mass is 9.71. The Bertz CT molecular complexity index is 204. The fraction of sp³-hybridized carbons (Fsp3) is 1.00. The van der Waals surface area contributed by atoms with Crippen LogP contribution < -0.4 is 0 Å². The molecule has 2 heteroatoms. The molecule has 2 nitrogen and oxygen atoms in total. The zero-order chi connectivity index (χ0) is 16.1. The van der Waals surface area contributed by atoms with Crippen LogP contribution >= 0.6 is 0 Å². The van der Waals surface area contributed by atoms with Crippen LogP contribution in [0.4, 0.5) is 0 Å². The van der Waals surface area contributed by atoms with E-state index in [0.29, 0.717) is 11.8 Å². The molecule has 0 aliphatic rings. The Morgan fingerprint density at radius 3 is 1.33 bits per heavy atom. The Morgan fingerprint density at radius 2 is 1.10 bits per heavy atom. The smallest absolute Gasteiger partial charge is 0.0509 e. The van der Waals surface area contributed by atoms with E-state index in [1.165, 1.54) is 38.5 Å². The summed E-state index contributed by atoms with van der Waals surface area (Å²) >= 11 is 0. The first kappa shape index (κ1) is 20.9. The molecule has 2 atom stereocenters. The van der Waals surface area contributed by atoms with Crippen molar-refractivity contribution >= 4 is 0 Å². The van der Waals surface area contributed by atoms with Gasteiger partial charge in [0.1, 0.15) is 0 Å². The molecule has 0 fully saturated rings. The second-order valence-electron chi connectivity index (χ2n) is 7.06. The molecule has 0 saturated heterocycles. The average Bonchev–Trinajstić information content (AvgIpc) is 2.53. The standard InChI is InChI=1S/C19H40O2/c1-5-9-11-17(7-3)13-19(15-20,16-21)14-18(8-4)12-10-6-2/h17-18,20-21H,5-16H2,1-4H3/t17-,18-/m0/s1. The quantitative estimate of drug-likeness (QED) is 0.464. The van der Waals surface area contributed by atoms with Crippen molar-refractivity contribution in [2.24, 2.45) is 17.3 Å². The molecule has 0 radical (unpaired) electrons. The highest BCUT2D eigenvalue weighted by Crippen LogP contribution is 2.38. The molecule has 0 aliphatic heterocycles. The summed E-state index contributed by atoms with van der Waals surface area (Å²) in [5.74, 6) is 1.29. The van der Waals surface area contributed by atoms with Crippen LogP contribution in [0.2, 0.25) is 0 Å². The van der Waals surface area contributed by atoms with Crippen LogP contribution in [0.1, 0.15) is 91.9 Å². The van der Waals surface area contributed by atoms with Gasteiger partial charge in [0.05, 0.1) is 13.2 Å². The van der Waals surface area contributed by atoms with Crippen molar-refractivity contribution in [3.05, 3.63) is 0 Å². The van der Waals surface area contributed by atoms with Crippen molar-refractivity contribution in [1.29, 1.82) is 0 Å². The maximum Gasteiger partial charge on any atom is 0.0509 e. The van der Waals surface area contributed by atoms with Gasteiger partial charge in [-0.2, -0.15) is 0 Å². The van der Waals surface area contributed by atoms with Gasteiger partial charge in [0.25, 0.3) is 0 Å². The van der Waals surface area contributed by atoms with Gasteiger partial charge in [0.15, 0.2) is 0 Å². The molecule has 0 aromatic carbocycles. The molecule has 0 bridgehead atoms. The lowest BCUT2D eigenvalue weighted by Gasteiger charge is -2.36. The molecule has 21 heavy (non-hydrogen) atoms. The number of hydrogen-bond donors (Lipinski definition) is 2. The second-order valence-corrected chi connectivity index (χ2v) is 7.06. The van der Waals surface area contributed by atoms with Crippen LogP contribution in [-0.4, -0.2) is 23.4 Å². The van der Waals surface area contributed by atoms with Crippen LogP contribution in [0.5, 0.6) is 0 Å². The highest BCUT2D eigenvalue weighted by atomic mass is 16.3. The fourth-order valence-electron chi connectivity index (χ4n) is 3.50. The molecule has 2 N–H and O–H groups in total. The predicted molar refractivity (Wildman–Crippen MR) is 92.5 cm³/mol. The van der Waals surface area contributed by atoms with Gasteiger partial charge < -0.3 is 10.2 Å². The van der Waals surface area contributed by atoms with E-state index in [2.05, 4.69) is 27.7 Å². The minimum absolute atomic E-state index is 0.134. The molecule has 0 amide bonds. The lowest BCUT2D eigenvalue weighted by Crippen LogP contribution is -2.34. The number of rotatable bonds is 14. The van der Waals surface area contributed by atoms with E-state index in [1.54, 1.807) is 0 Å². The van der Waals surface area contributed by atoms with Gasteiger partial charge in [-0.25, -0.2) is 0 Å². The normalized spacial score (nSPS) is 15.1. The summed E-state index contributed by atoms with van der Waals surface area (Å²) in [6.45, 7) is 9.22. The molecule has 0 spiro atoms. The molecule has 0 heterocycles. The summed E-state index contributed by atoms with van der Waals surface area (Å²) in [6.07, 6.45) is 11.8. The van der Waals surface area contributed by atoms with Crippen molar-refractivity contribution in [1.82, 2.24) is 0 Å². The maximum atomic E-state index is 9.96. The van der Waals surface area contributed by atoms with Crippen LogP contribution in [0.25, 0.3) is 0 Å². The van der Waals surface area contributed by atoms with E-state index >= 15 is 0 Å². The largest absolute Gasteiger partial charge is 0.396 e. The third kappa shape index (κ3) is 8.21. The minimum Gasteiger partial charge on any atom is -0.396 e. The summed E-state index contributed by atoms with van der Waals surface area (Å²) in [6, 6.07) is 0. The Hall–Kier alpha value is -0.0800. The number of unbranched alkanes of at least 4 members (excludes halogenated alkanes) is 2. The summed E-state index contributed by atoms with van der Waals surface area (Å²) in [7, 11) is 0. The zero-order valence-electron chi connectivity index (χ0n) is 15.0. The maximum absolute atomic E-state index is 9.96. The Morgan fingerprint density at radius 1 is 0.714 bits per heavy atom. The molecule has 0 aromatic heterocycles. The van der Waals surface area contributed by atoms with Crippen molar-refractivity contribution in [2.75, 3.05) is 13.2 Å². The van der Waals surface area contributed by atoms with Crippen molar-refractivity contribution in [3.8, 4) is 0 Å². The second kappa shape index (κ2) is 12.5. The molecular weight excluding hydrogens is 260 g/mol. The van der Waals surface area contributed by atoms with E-state index < -0.39 is 0 Å². The first-order chi connectivity index (χ1) is 10.1. The molecule has 0 saturated carbocycles. The van der Waals surface area contributed by atoms with Gasteiger partial charge in [0, 0.05) is 5.41 Å². The first-order valence-electron chi connectivity index (χ1n) is 9.32. The summed E-state index contributed by atoms with van der Waals surface area (Å²) in [5.41, 5.74) is -0.261. The highest BCUT2D eigenvalue weighted by molar-refractivity contribution is 4.83. The predicted octanol–water partition coefficient (Wildman–Crippen LogP) is 5.17. The van der Waals surface area contributed by atoms with Gasteiger partial charge in [-0.15, -0.1) is 0 Å². The number of hydrogen-bond acceptors (Lipinski definition) is 2. The van der Waals surface area contributed by atoms with E-state index in [1.807, 2.05) is 0 Å². The van der Waals surface area contributed by atoms with E-state index in [0.717, 1.165) is 25.7 Å². The minimum atomic E-state index is -0.261. The third-order valence-corrected chi connectivity index (χ3v) is 5.20. The zero-order valence-corrected chi connectivity index (χ0v) is 15.0. The van der Waals surface area contributed by atoms with Gasteiger partial charge in [-0.05, 0) is 24.7 Å². The third-order valence-electron chi connectivity index (χ3n) is 5.20. The van der Waals surface area contributed by atoms with Crippen molar-refractivity contribution < 1.29 is 10.2 Å². The highest BCUT2D eigenvalue weighted by Gasteiger charge is 2.33. The Labute approximate surface area is 133 Å².